The lowest BCUT2D eigenvalue weighted by molar-refractivity contribution is -0.118. The number of benzene rings is 2. The average molecular weight is 396 g/mol. The predicted octanol–water partition coefficient (Wildman–Crippen LogP) is 3.74. The second-order valence-corrected chi connectivity index (χ2v) is 7.13. The minimum absolute atomic E-state index is 0.194. The average Bonchev–Trinajstić information content (AvgIpc) is 3.07. The lowest BCUT2D eigenvalue weighted by atomic mass is 10.1. The van der Waals surface area contributed by atoms with Gasteiger partial charge in [0.25, 0.3) is 5.91 Å². The number of carbonyl (C=O) groups is 1. The van der Waals surface area contributed by atoms with Crippen LogP contribution in [-0.4, -0.2) is 24.6 Å². The van der Waals surface area contributed by atoms with Crippen LogP contribution in [0, 0.1) is 6.92 Å². The molecule has 0 aliphatic rings. The first kappa shape index (κ1) is 18.0. The number of aromatic nitrogens is 1. The maximum absolute atomic E-state index is 12.2. The zero-order valence-electron chi connectivity index (χ0n) is 15.1. The minimum Gasteiger partial charge on any atom is -0.497 e. The molecule has 0 spiro atoms. The van der Waals surface area contributed by atoms with Crippen LogP contribution in [0.15, 0.2) is 51.7 Å². The van der Waals surface area contributed by atoms with E-state index in [0.29, 0.717) is 16.5 Å². The highest BCUT2D eigenvalue weighted by Gasteiger charge is 2.10. The molecule has 2 aromatic heterocycles. The van der Waals surface area contributed by atoms with Crippen molar-refractivity contribution in [3.8, 4) is 11.5 Å². The van der Waals surface area contributed by atoms with E-state index in [-0.39, 0.29) is 12.5 Å². The van der Waals surface area contributed by atoms with Crippen LogP contribution in [0.25, 0.3) is 21.2 Å². The Morgan fingerprint density at radius 1 is 1.18 bits per heavy atom. The molecule has 28 heavy (non-hydrogen) atoms. The van der Waals surface area contributed by atoms with Crippen molar-refractivity contribution in [2.75, 3.05) is 19.0 Å². The number of fused-ring (bicyclic) bond motifs is 2. The quantitative estimate of drug-likeness (QED) is 0.517. The molecule has 7 nitrogen and oxygen atoms in total. The lowest BCUT2D eigenvalue weighted by Crippen LogP contribution is -2.20. The van der Waals surface area contributed by atoms with Gasteiger partial charge >= 0.3 is 5.63 Å². The fourth-order valence-electron chi connectivity index (χ4n) is 2.78. The van der Waals surface area contributed by atoms with Crippen molar-refractivity contribution in [3.05, 3.63) is 58.4 Å². The SMILES string of the molecule is COc1ccc2nc(NC(=O)COc3ccc4c(C)cc(=O)oc4c3)sc2c1. The topological polar surface area (TPSA) is 90.7 Å². The van der Waals surface area contributed by atoms with Gasteiger partial charge in [0.2, 0.25) is 0 Å². The number of hydrogen-bond acceptors (Lipinski definition) is 7. The van der Waals surface area contributed by atoms with Crippen molar-refractivity contribution < 1.29 is 18.7 Å². The third-order valence-corrected chi connectivity index (χ3v) is 5.07. The van der Waals surface area contributed by atoms with Crippen LogP contribution in [0.1, 0.15) is 5.56 Å². The summed E-state index contributed by atoms with van der Waals surface area (Å²) in [5.74, 6) is 0.831. The van der Waals surface area contributed by atoms with E-state index in [1.807, 2.05) is 25.1 Å². The largest absolute Gasteiger partial charge is 0.497 e. The van der Waals surface area contributed by atoms with Gasteiger partial charge in [-0.1, -0.05) is 11.3 Å². The molecule has 0 bridgehead atoms. The molecule has 0 aliphatic heterocycles. The highest BCUT2D eigenvalue weighted by Crippen LogP contribution is 2.29. The summed E-state index contributed by atoms with van der Waals surface area (Å²) < 4.78 is 16.8. The van der Waals surface area contributed by atoms with E-state index >= 15 is 0 Å². The Morgan fingerprint density at radius 2 is 2.00 bits per heavy atom. The zero-order valence-corrected chi connectivity index (χ0v) is 16.0. The van der Waals surface area contributed by atoms with E-state index in [1.54, 1.807) is 25.3 Å². The van der Waals surface area contributed by atoms with Crippen LogP contribution in [0.5, 0.6) is 11.5 Å². The van der Waals surface area contributed by atoms with Gasteiger partial charge in [0, 0.05) is 17.5 Å². The maximum Gasteiger partial charge on any atom is 0.336 e. The van der Waals surface area contributed by atoms with E-state index in [0.717, 1.165) is 26.9 Å². The molecular weight excluding hydrogens is 380 g/mol. The highest BCUT2D eigenvalue weighted by atomic mass is 32.1. The molecule has 1 N–H and O–H groups in total. The number of aryl methyl sites for hydroxylation is 1. The standard InChI is InChI=1S/C20H16N2O5S/c1-11-7-19(24)27-16-8-13(3-5-14(11)16)26-10-18(23)22-20-21-15-6-4-12(25-2)9-17(15)28-20/h3-9H,10H2,1-2H3,(H,21,22,23). The lowest BCUT2D eigenvalue weighted by Gasteiger charge is -2.07. The van der Waals surface area contributed by atoms with Crippen molar-refractivity contribution in [2.24, 2.45) is 0 Å². The van der Waals surface area contributed by atoms with Crippen LogP contribution in [0.3, 0.4) is 0 Å². The molecule has 0 fully saturated rings. The van der Waals surface area contributed by atoms with Crippen LogP contribution in [0.2, 0.25) is 0 Å². The molecule has 0 radical (unpaired) electrons. The van der Waals surface area contributed by atoms with E-state index in [2.05, 4.69) is 10.3 Å². The first-order valence-corrected chi connectivity index (χ1v) is 9.25. The fraction of sp³-hybridized carbons (Fsp3) is 0.150. The number of rotatable bonds is 5. The maximum atomic E-state index is 12.2. The van der Waals surface area contributed by atoms with Gasteiger partial charge in [0.05, 0.1) is 17.3 Å². The zero-order chi connectivity index (χ0) is 19.7. The summed E-state index contributed by atoms with van der Waals surface area (Å²) in [6, 6.07) is 12.1. The van der Waals surface area contributed by atoms with E-state index < -0.39 is 5.63 Å². The van der Waals surface area contributed by atoms with Crippen LogP contribution in [-0.2, 0) is 4.79 Å². The Balaban J connectivity index is 1.44. The summed E-state index contributed by atoms with van der Waals surface area (Å²) in [5, 5.41) is 4.03. The second kappa shape index (κ2) is 7.32. The van der Waals surface area contributed by atoms with Gasteiger partial charge < -0.3 is 13.9 Å². The molecular formula is C20H16N2O5S. The molecule has 2 heterocycles. The number of nitrogens with one attached hydrogen (secondary N) is 1. The van der Waals surface area contributed by atoms with Gasteiger partial charge in [-0.2, -0.15) is 0 Å². The number of anilines is 1. The second-order valence-electron chi connectivity index (χ2n) is 6.10. The number of methoxy groups -OCH3 is 1. The van der Waals surface area contributed by atoms with Gasteiger partial charge in [-0.25, -0.2) is 9.78 Å². The molecule has 0 unspecified atom stereocenters. The predicted molar refractivity (Wildman–Crippen MR) is 108 cm³/mol. The summed E-state index contributed by atoms with van der Waals surface area (Å²) in [4.78, 5) is 28.1. The Bertz CT molecular complexity index is 1240. The summed E-state index contributed by atoms with van der Waals surface area (Å²) in [7, 11) is 1.60. The number of carbonyl (C=O) groups excluding carboxylic acids is 1. The van der Waals surface area contributed by atoms with Crippen molar-refractivity contribution in [1.29, 1.82) is 0 Å². The van der Waals surface area contributed by atoms with Gasteiger partial charge in [-0.15, -0.1) is 0 Å². The fourth-order valence-corrected chi connectivity index (χ4v) is 3.70. The molecule has 4 rings (SSSR count). The number of ether oxygens (including phenoxy) is 2. The minimum atomic E-state index is -0.424. The smallest absolute Gasteiger partial charge is 0.336 e. The van der Waals surface area contributed by atoms with E-state index in [9.17, 15) is 9.59 Å². The van der Waals surface area contributed by atoms with Gasteiger partial charge in [-0.05, 0) is 42.8 Å². The Hall–Kier alpha value is -3.39. The monoisotopic (exact) mass is 396 g/mol. The first-order chi connectivity index (χ1) is 13.5. The highest BCUT2D eigenvalue weighted by molar-refractivity contribution is 7.22. The van der Waals surface area contributed by atoms with Crippen LogP contribution < -0.4 is 20.4 Å². The summed E-state index contributed by atoms with van der Waals surface area (Å²) in [5.41, 5.74) is 1.60. The van der Waals surface area contributed by atoms with Crippen molar-refractivity contribution in [3.63, 3.8) is 0 Å². The molecule has 8 heteroatoms. The molecule has 2 aromatic carbocycles. The summed E-state index contributed by atoms with van der Waals surface area (Å²) >= 11 is 1.35. The van der Waals surface area contributed by atoms with Gasteiger partial charge in [-0.3, -0.25) is 10.1 Å². The van der Waals surface area contributed by atoms with Crippen molar-refractivity contribution in [2.45, 2.75) is 6.92 Å². The molecule has 0 atom stereocenters. The van der Waals surface area contributed by atoms with E-state index in [1.165, 1.54) is 17.4 Å². The van der Waals surface area contributed by atoms with Crippen molar-refractivity contribution >= 4 is 43.6 Å². The molecule has 0 aliphatic carbocycles. The summed E-state index contributed by atoms with van der Waals surface area (Å²) in [6.07, 6.45) is 0. The van der Waals surface area contributed by atoms with Crippen LogP contribution in [0.4, 0.5) is 5.13 Å². The number of amides is 1. The molecule has 1 amide bonds. The Morgan fingerprint density at radius 3 is 2.82 bits per heavy atom. The molecule has 4 aromatic rings. The summed E-state index contributed by atoms with van der Waals surface area (Å²) in [6.45, 7) is 1.64. The number of thiazole rings is 1. The molecule has 142 valence electrons. The number of hydrogen-bond donors (Lipinski definition) is 1. The first-order valence-electron chi connectivity index (χ1n) is 8.43. The van der Waals surface area contributed by atoms with Gasteiger partial charge in [0.15, 0.2) is 11.7 Å². The third kappa shape index (κ3) is 3.67. The Kier molecular flexibility index (Phi) is 4.70. The van der Waals surface area contributed by atoms with Crippen molar-refractivity contribution in [1.82, 2.24) is 4.98 Å². The van der Waals surface area contributed by atoms with E-state index in [4.69, 9.17) is 13.9 Å². The van der Waals surface area contributed by atoms with Crippen LogP contribution >= 0.6 is 11.3 Å². The third-order valence-electron chi connectivity index (χ3n) is 4.13. The molecule has 0 saturated carbocycles. The molecule has 0 saturated heterocycles. The Labute approximate surface area is 163 Å². The number of nitrogens with zero attached hydrogens (tertiary/aromatic N) is 1. The normalized spacial score (nSPS) is 10.9. The van der Waals surface area contributed by atoms with Gasteiger partial charge in [0.1, 0.15) is 17.1 Å².